The molecule has 0 atom stereocenters. The highest BCUT2D eigenvalue weighted by atomic mass is 35.5. The van der Waals surface area contributed by atoms with Crippen molar-refractivity contribution in [2.75, 3.05) is 0 Å². The first-order valence-corrected chi connectivity index (χ1v) is 8.61. The smallest absolute Gasteiger partial charge is 0.256 e. The molecule has 2 aromatic carbocycles. The number of thiazole rings is 1. The summed E-state index contributed by atoms with van der Waals surface area (Å²) in [6, 6.07) is 16.5. The molecule has 4 rings (SSSR count). The van der Waals surface area contributed by atoms with Gasteiger partial charge in [0.2, 0.25) is 0 Å². The first-order valence-electron chi connectivity index (χ1n) is 7.04. The number of nitrogens with zero attached hydrogens (tertiary/aromatic N) is 3. The van der Waals surface area contributed by atoms with Crippen LogP contribution in [0.4, 0.5) is 0 Å². The molecular weight excluding hydrogens is 365 g/mol. The lowest BCUT2D eigenvalue weighted by atomic mass is 10.2. The van der Waals surface area contributed by atoms with Crippen LogP contribution in [0.3, 0.4) is 0 Å². The van der Waals surface area contributed by atoms with E-state index in [1.54, 1.807) is 16.7 Å². The number of para-hydroxylation sites is 1. The summed E-state index contributed by atoms with van der Waals surface area (Å²) in [6.45, 7) is 0. The molecule has 0 aliphatic heterocycles. The van der Waals surface area contributed by atoms with Crippen LogP contribution in [-0.4, -0.2) is 14.5 Å². The minimum absolute atomic E-state index is 0.152. The van der Waals surface area contributed by atoms with Gasteiger partial charge in [-0.1, -0.05) is 52.7 Å². The van der Waals surface area contributed by atoms with Crippen LogP contribution in [0, 0.1) is 0 Å². The summed E-state index contributed by atoms with van der Waals surface area (Å²) >= 11 is 13.3. The highest BCUT2D eigenvalue weighted by Gasteiger charge is 2.16. The summed E-state index contributed by atoms with van der Waals surface area (Å²) in [7, 11) is 0. The van der Waals surface area contributed by atoms with Crippen LogP contribution >= 0.6 is 34.5 Å². The lowest BCUT2D eigenvalue weighted by molar-refractivity contribution is 1.05. The minimum Gasteiger partial charge on any atom is -0.256 e. The van der Waals surface area contributed by atoms with Crippen molar-refractivity contribution in [3.05, 3.63) is 74.4 Å². The maximum absolute atomic E-state index is 12.4. The van der Waals surface area contributed by atoms with Gasteiger partial charge in [-0.25, -0.2) is 9.97 Å². The van der Waals surface area contributed by atoms with Gasteiger partial charge in [-0.05, 0) is 36.4 Å². The zero-order valence-corrected chi connectivity index (χ0v) is 14.4. The Hall–Kier alpha value is -2.21. The summed E-state index contributed by atoms with van der Waals surface area (Å²) in [5.41, 5.74) is 2.02. The third-order valence-corrected chi connectivity index (χ3v) is 5.08. The number of halogens is 2. The zero-order valence-electron chi connectivity index (χ0n) is 12.1. The van der Waals surface area contributed by atoms with E-state index in [0.717, 1.165) is 22.6 Å². The summed E-state index contributed by atoms with van der Waals surface area (Å²) in [5, 5.41) is 0.893. The molecule has 4 aromatic rings. The molecule has 2 aromatic heterocycles. The van der Waals surface area contributed by atoms with E-state index in [-0.39, 0.29) is 10.0 Å². The first kappa shape index (κ1) is 15.3. The molecule has 0 fully saturated rings. The highest BCUT2D eigenvalue weighted by molar-refractivity contribution is 7.17. The highest BCUT2D eigenvalue weighted by Crippen LogP contribution is 2.28. The Bertz CT molecular complexity index is 1090. The number of aromatic nitrogens is 3. The van der Waals surface area contributed by atoms with Gasteiger partial charge in [0.05, 0.1) is 5.69 Å². The Kier molecular flexibility index (Phi) is 3.84. The van der Waals surface area contributed by atoms with E-state index in [4.69, 9.17) is 23.2 Å². The van der Waals surface area contributed by atoms with Gasteiger partial charge in [0.1, 0.15) is 4.70 Å². The summed E-state index contributed by atoms with van der Waals surface area (Å²) in [4.78, 5) is 21.2. The third-order valence-electron chi connectivity index (χ3n) is 3.51. The zero-order chi connectivity index (χ0) is 16.7. The summed E-state index contributed by atoms with van der Waals surface area (Å²) in [5.74, 6) is 0.451. The van der Waals surface area contributed by atoms with Crippen molar-refractivity contribution in [2.24, 2.45) is 0 Å². The van der Waals surface area contributed by atoms with E-state index in [1.807, 2.05) is 42.5 Å². The molecule has 0 spiro atoms. The van der Waals surface area contributed by atoms with Gasteiger partial charge in [0.25, 0.3) is 0 Å². The number of hydrogen-bond donors (Lipinski definition) is 0. The minimum atomic E-state index is -0.152. The normalized spacial score (nSPS) is 11.1. The van der Waals surface area contributed by atoms with Crippen LogP contribution in [-0.2, 0) is 0 Å². The lowest BCUT2D eigenvalue weighted by Crippen LogP contribution is -2.10. The molecule has 118 valence electrons. The molecule has 0 aliphatic rings. The number of fused-ring (bicyclic) bond motifs is 1. The van der Waals surface area contributed by atoms with Crippen molar-refractivity contribution in [1.82, 2.24) is 14.5 Å². The molecule has 4 nitrogen and oxygen atoms in total. The average molecular weight is 374 g/mol. The SMILES string of the molecule is O=c1sc2c(Cl)nc(-c3ccc(Cl)cc3)nc2n1-c1ccccc1. The Balaban J connectivity index is 2.00. The number of rotatable bonds is 2. The van der Waals surface area contributed by atoms with E-state index in [0.29, 0.717) is 21.2 Å². The fraction of sp³-hybridized carbons (Fsp3) is 0. The quantitative estimate of drug-likeness (QED) is 0.473. The van der Waals surface area contributed by atoms with Crippen LogP contribution in [0.15, 0.2) is 59.4 Å². The van der Waals surface area contributed by atoms with E-state index in [9.17, 15) is 4.79 Å². The second-order valence-electron chi connectivity index (χ2n) is 5.04. The van der Waals surface area contributed by atoms with Crippen LogP contribution in [0.1, 0.15) is 0 Å². The monoisotopic (exact) mass is 373 g/mol. The molecule has 0 bridgehead atoms. The van der Waals surface area contributed by atoms with Crippen molar-refractivity contribution in [1.29, 1.82) is 0 Å². The van der Waals surface area contributed by atoms with Crippen LogP contribution in [0.25, 0.3) is 27.4 Å². The maximum Gasteiger partial charge on any atom is 0.314 e. The van der Waals surface area contributed by atoms with Crippen molar-refractivity contribution in [2.45, 2.75) is 0 Å². The molecular formula is C17H9Cl2N3OS. The topological polar surface area (TPSA) is 47.8 Å². The van der Waals surface area contributed by atoms with E-state index in [1.165, 1.54) is 0 Å². The first-order chi connectivity index (χ1) is 11.6. The van der Waals surface area contributed by atoms with Gasteiger partial charge in [-0.15, -0.1) is 0 Å². The molecule has 24 heavy (non-hydrogen) atoms. The van der Waals surface area contributed by atoms with Crippen molar-refractivity contribution in [3.8, 4) is 17.1 Å². The predicted octanol–water partition coefficient (Wildman–Crippen LogP) is 4.82. The molecule has 0 radical (unpaired) electrons. The fourth-order valence-corrected chi connectivity index (χ4v) is 3.63. The molecule has 0 saturated heterocycles. The lowest BCUT2D eigenvalue weighted by Gasteiger charge is -2.05. The summed E-state index contributed by atoms with van der Waals surface area (Å²) in [6.07, 6.45) is 0. The van der Waals surface area contributed by atoms with Crippen LogP contribution < -0.4 is 4.87 Å². The van der Waals surface area contributed by atoms with Crippen LogP contribution in [0.5, 0.6) is 0 Å². The van der Waals surface area contributed by atoms with Gasteiger partial charge in [0, 0.05) is 10.6 Å². The second-order valence-corrected chi connectivity index (χ2v) is 6.79. The van der Waals surface area contributed by atoms with Gasteiger partial charge in [-0.2, -0.15) is 0 Å². The Morgan fingerprint density at radius 1 is 0.917 bits per heavy atom. The fourth-order valence-electron chi connectivity index (χ4n) is 2.40. The number of benzene rings is 2. The maximum atomic E-state index is 12.4. The largest absolute Gasteiger partial charge is 0.314 e. The second kappa shape index (κ2) is 6.02. The van der Waals surface area contributed by atoms with Crippen molar-refractivity contribution in [3.63, 3.8) is 0 Å². The van der Waals surface area contributed by atoms with Gasteiger partial charge >= 0.3 is 4.87 Å². The average Bonchev–Trinajstić information content (AvgIpc) is 2.93. The molecule has 7 heteroatoms. The van der Waals surface area contributed by atoms with E-state index < -0.39 is 0 Å². The van der Waals surface area contributed by atoms with Crippen LogP contribution in [0.2, 0.25) is 10.2 Å². The Labute approximate surface area is 151 Å². The van der Waals surface area contributed by atoms with E-state index >= 15 is 0 Å². The van der Waals surface area contributed by atoms with Crippen molar-refractivity contribution < 1.29 is 0 Å². The summed E-state index contributed by atoms with van der Waals surface area (Å²) < 4.78 is 2.12. The Morgan fingerprint density at radius 2 is 1.62 bits per heavy atom. The molecule has 2 heterocycles. The Morgan fingerprint density at radius 3 is 2.33 bits per heavy atom. The standard InChI is InChI=1S/C17H9Cl2N3OS/c18-11-8-6-10(7-9-11)15-20-14(19)13-16(21-15)22(17(23)24-13)12-4-2-1-3-5-12/h1-9H. The van der Waals surface area contributed by atoms with Gasteiger partial charge < -0.3 is 0 Å². The molecule has 0 unspecified atom stereocenters. The van der Waals surface area contributed by atoms with E-state index in [2.05, 4.69) is 9.97 Å². The predicted molar refractivity (Wildman–Crippen MR) is 98.5 cm³/mol. The number of hydrogen-bond acceptors (Lipinski definition) is 4. The molecule has 0 saturated carbocycles. The van der Waals surface area contributed by atoms with Crippen molar-refractivity contribution >= 4 is 44.9 Å². The molecule has 0 aliphatic carbocycles. The van der Waals surface area contributed by atoms with Gasteiger partial charge in [0.15, 0.2) is 16.6 Å². The molecule has 0 N–H and O–H groups in total. The van der Waals surface area contributed by atoms with Gasteiger partial charge in [-0.3, -0.25) is 9.36 Å². The third kappa shape index (κ3) is 2.60. The molecule has 0 amide bonds.